The zero-order valence-corrected chi connectivity index (χ0v) is 10.1. The van der Waals surface area contributed by atoms with E-state index in [9.17, 15) is 4.79 Å². The minimum absolute atomic E-state index is 0.297. The molecule has 5 heteroatoms. The van der Waals surface area contributed by atoms with Gasteiger partial charge in [0, 0.05) is 52.4 Å². The lowest BCUT2D eigenvalue weighted by atomic mass is 10.5. The van der Waals surface area contributed by atoms with Crippen LogP contribution in [0.25, 0.3) is 0 Å². The third-order valence-electron chi connectivity index (χ3n) is 3.42. The Morgan fingerprint density at radius 2 is 1.69 bits per heavy atom. The van der Waals surface area contributed by atoms with Crippen LogP contribution in [0.4, 0.5) is 0 Å². The number of nitrogens with one attached hydrogen (secondary N) is 1. The van der Waals surface area contributed by atoms with Crippen molar-refractivity contribution in [1.29, 1.82) is 0 Å². The highest BCUT2D eigenvalue weighted by molar-refractivity contribution is 5.78. The first-order valence-electron chi connectivity index (χ1n) is 6.15. The second-order valence-electron chi connectivity index (χ2n) is 4.71. The van der Waals surface area contributed by atoms with E-state index >= 15 is 0 Å². The smallest absolute Gasteiger partial charge is 0.236 e. The number of nitrogens with zero attached hydrogens (tertiary/aromatic N) is 3. The maximum atomic E-state index is 12.0. The summed E-state index contributed by atoms with van der Waals surface area (Å²) < 4.78 is 0. The van der Waals surface area contributed by atoms with E-state index in [1.165, 1.54) is 0 Å². The molecule has 2 heterocycles. The number of hydrogen-bond acceptors (Lipinski definition) is 4. The van der Waals surface area contributed by atoms with Gasteiger partial charge in [0.1, 0.15) is 0 Å². The highest BCUT2D eigenvalue weighted by Crippen LogP contribution is 2.01. The van der Waals surface area contributed by atoms with Gasteiger partial charge >= 0.3 is 0 Å². The molecule has 1 amide bonds. The molecule has 0 aromatic rings. The monoisotopic (exact) mass is 234 g/mol. The van der Waals surface area contributed by atoms with Crippen LogP contribution in [0.2, 0.25) is 0 Å². The van der Waals surface area contributed by atoms with Gasteiger partial charge in [-0.2, -0.15) is 0 Å². The Hall–Kier alpha value is -0.650. The van der Waals surface area contributed by atoms with Crippen molar-refractivity contribution < 1.29 is 4.79 Å². The van der Waals surface area contributed by atoms with Crippen LogP contribution in [-0.2, 0) is 4.79 Å². The molecule has 0 aromatic carbocycles. The average molecular weight is 234 g/mol. The molecule has 0 aromatic heterocycles. The second kappa shape index (κ2) is 5.61. The molecule has 2 saturated heterocycles. The Labute approximate surface area is 97.4 Å². The molecule has 0 radical (unpaired) electrons. The molecule has 1 N–H and O–H groups in total. The van der Waals surface area contributed by atoms with E-state index in [-0.39, 0.29) is 0 Å². The first kappa shape index (κ1) is 11.8. The molecule has 0 unspecified atom stereocenters. The van der Waals surface area contributed by atoms with E-state index in [1.807, 2.05) is 4.90 Å². The van der Waals surface area contributed by atoms with Crippen molar-refractivity contribution in [2.45, 2.75) is 0 Å². The summed E-state index contributed by atoms with van der Waals surface area (Å²) in [6.07, 6.45) is 0. The molecule has 0 saturated carbocycles. The van der Waals surface area contributed by atoms with Crippen molar-refractivity contribution >= 4 is 5.91 Å². The lowest BCUT2D eigenvalue weighted by molar-refractivity contribution is -0.133. The Bertz CT molecular complexity index is 232. The predicted octanol–water partition coefficient (Wildman–Crippen LogP) is -1.33. The van der Waals surface area contributed by atoms with Crippen molar-refractivity contribution in [3.05, 3.63) is 0 Å². The summed E-state index contributed by atoms with van der Waals surface area (Å²) >= 11 is 0. The number of rotatable bonds is 2. The summed E-state index contributed by atoms with van der Waals surface area (Å²) in [6.45, 7) is 8.42. The van der Waals surface area contributed by atoms with Gasteiger partial charge < -0.3 is 15.1 Å². The highest BCUT2D eigenvalue weighted by atomic mass is 16.2. The number of amides is 1. The topological polar surface area (TPSA) is 38.8 Å². The average Bonchev–Trinajstić information content (AvgIpc) is 2.33. The fourth-order valence-electron chi connectivity index (χ4n) is 2.21. The molecular formula is C11H22N4O. The SMILES string of the molecule is [13CH3]N1CCN(C[13C](=O)N2[13CH2][13CH2]N[13CH2][13CH2]2)[13CH2][13CH2]1. The lowest BCUT2D eigenvalue weighted by Crippen LogP contribution is -2.52. The quantitative estimate of drug-likeness (QED) is 0.601. The van der Waals surface area contributed by atoms with Crippen molar-refractivity contribution in [1.82, 2.24) is 20.0 Å². The first-order chi connectivity index (χ1) is 7.75. The third kappa shape index (κ3) is 3.17. The molecule has 2 rings (SSSR count). The summed E-state index contributed by atoms with van der Waals surface area (Å²) in [5.41, 5.74) is 0. The maximum Gasteiger partial charge on any atom is 0.236 e. The fraction of sp³-hybridized carbons (Fsp3) is 0.909. The maximum absolute atomic E-state index is 12.0. The predicted molar refractivity (Wildman–Crippen MR) is 63.4 cm³/mol. The zero-order chi connectivity index (χ0) is 11.4. The van der Waals surface area contributed by atoms with Crippen LogP contribution >= 0.6 is 0 Å². The van der Waals surface area contributed by atoms with Crippen LogP contribution in [0, 0.1) is 0 Å². The van der Waals surface area contributed by atoms with Gasteiger partial charge in [0.05, 0.1) is 6.54 Å². The molecule has 0 spiro atoms. The minimum Gasteiger partial charge on any atom is -0.339 e. The van der Waals surface area contributed by atoms with Gasteiger partial charge in [0.25, 0.3) is 0 Å². The number of piperazine rings is 2. The standard InChI is InChI=1S/C11H22N4O/c1-13-6-8-14(9-7-13)10-11(16)15-4-2-12-3-5-15/h12H,2-10H2,1H3/i1+1,2+1,3+1,4+1,5+1,6+1,8+1,11+1. The number of carbonyl (C=O) groups excluding carboxylic acids is 1. The van der Waals surface area contributed by atoms with Crippen LogP contribution in [0.1, 0.15) is 0 Å². The van der Waals surface area contributed by atoms with Gasteiger partial charge in [0.15, 0.2) is 0 Å². The van der Waals surface area contributed by atoms with Crippen molar-refractivity contribution in [3.8, 4) is 0 Å². The van der Waals surface area contributed by atoms with Crippen LogP contribution in [0.15, 0.2) is 0 Å². The number of carbonyl (C=O) groups is 1. The third-order valence-corrected chi connectivity index (χ3v) is 3.42. The summed E-state index contributed by atoms with van der Waals surface area (Å²) in [4.78, 5) is 18.6. The van der Waals surface area contributed by atoms with E-state index in [4.69, 9.17) is 0 Å². The molecule has 5 nitrogen and oxygen atoms in total. The molecule has 92 valence electrons. The minimum atomic E-state index is 0.297. The lowest BCUT2D eigenvalue weighted by Gasteiger charge is -2.34. The van der Waals surface area contributed by atoms with Crippen LogP contribution in [0.3, 0.4) is 0 Å². The number of likely N-dealkylation sites (N-methyl/N-ethyl adjacent to an activating group) is 1. The van der Waals surface area contributed by atoms with Gasteiger partial charge in [-0.25, -0.2) is 0 Å². The molecule has 16 heavy (non-hydrogen) atoms. The summed E-state index contributed by atoms with van der Waals surface area (Å²) in [5.74, 6) is 0.297. The summed E-state index contributed by atoms with van der Waals surface area (Å²) in [5, 5.41) is 3.26. The summed E-state index contributed by atoms with van der Waals surface area (Å²) in [7, 11) is 2.13. The van der Waals surface area contributed by atoms with E-state index in [2.05, 4.69) is 22.2 Å². The molecule has 2 aliphatic heterocycles. The Balaban J connectivity index is 1.73. The molecule has 0 bridgehead atoms. The second-order valence-corrected chi connectivity index (χ2v) is 4.71. The van der Waals surface area contributed by atoms with Gasteiger partial charge in [-0.3, -0.25) is 9.69 Å². The molecule has 0 aliphatic carbocycles. The van der Waals surface area contributed by atoms with E-state index in [0.717, 1.165) is 52.4 Å². The largest absolute Gasteiger partial charge is 0.339 e. The fourth-order valence-corrected chi connectivity index (χ4v) is 2.21. The molecule has 2 aliphatic rings. The van der Waals surface area contributed by atoms with Crippen molar-refractivity contribution in [3.63, 3.8) is 0 Å². The zero-order valence-electron chi connectivity index (χ0n) is 10.1. The van der Waals surface area contributed by atoms with Crippen LogP contribution in [-0.4, -0.2) is 86.6 Å². The first-order valence-corrected chi connectivity index (χ1v) is 6.15. The molecular weight excluding hydrogens is 212 g/mol. The van der Waals surface area contributed by atoms with Gasteiger partial charge in [-0.1, -0.05) is 0 Å². The van der Waals surface area contributed by atoms with Crippen LogP contribution in [0.5, 0.6) is 0 Å². The van der Waals surface area contributed by atoms with Crippen LogP contribution < -0.4 is 5.32 Å². The Morgan fingerprint density at radius 3 is 2.31 bits per heavy atom. The van der Waals surface area contributed by atoms with E-state index < -0.39 is 0 Å². The molecule has 0 atom stereocenters. The molecule has 2 fully saturated rings. The van der Waals surface area contributed by atoms with Crippen molar-refractivity contribution in [2.24, 2.45) is 0 Å². The number of hydrogen-bond donors (Lipinski definition) is 1. The van der Waals surface area contributed by atoms with Gasteiger partial charge in [-0.05, 0) is 7.05 Å². The van der Waals surface area contributed by atoms with Crippen molar-refractivity contribution in [2.75, 3.05) is 66.0 Å². The Kier molecular flexibility index (Phi) is 4.15. The van der Waals surface area contributed by atoms with E-state index in [1.54, 1.807) is 0 Å². The Morgan fingerprint density at radius 1 is 1.06 bits per heavy atom. The van der Waals surface area contributed by atoms with Gasteiger partial charge in [0.2, 0.25) is 5.91 Å². The highest BCUT2D eigenvalue weighted by Gasteiger charge is 2.21. The van der Waals surface area contributed by atoms with Gasteiger partial charge in [-0.15, -0.1) is 0 Å². The normalized spacial score (nSPS) is 24.7. The van der Waals surface area contributed by atoms with E-state index in [0.29, 0.717) is 12.5 Å². The summed E-state index contributed by atoms with van der Waals surface area (Å²) in [6, 6.07) is 0.